The molecule has 0 bridgehead atoms. The summed E-state index contributed by atoms with van der Waals surface area (Å²) in [4.78, 5) is 13.2. The quantitative estimate of drug-likeness (QED) is 0.436. The van der Waals surface area contributed by atoms with Gasteiger partial charge >= 0.3 is 6.18 Å². The Kier molecular flexibility index (Phi) is 5.36. The number of carbonyl (C=O) groups excluding carboxylic acids is 1. The zero-order valence-electron chi connectivity index (χ0n) is 10.2. The molecule has 0 aromatic rings. The number of likely N-dealkylation sites (tertiary alicyclic amines) is 1. The molecule has 3 N–H and O–H groups in total. The molecule has 1 aliphatic heterocycles. The standard InChI is InChI=1S/C10H18F3N3O2/c1-18-6-8(9(17)15-14)16-4-2-7(3-5-16)10(11,12)13/h7-8H,2-6,14H2,1H3,(H,15,17). The first-order chi connectivity index (χ1) is 8.40. The van der Waals surface area contributed by atoms with Crippen molar-refractivity contribution >= 4 is 5.91 Å². The van der Waals surface area contributed by atoms with Gasteiger partial charge in [0.05, 0.1) is 12.5 Å². The second-order valence-corrected chi connectivity index (χ2v) is 4.33. The molecule has 0 saturated carbocycles. The van der Waals surface area contributed by atoms with Crippen molar-refractivity contribution in [1.29, 1.82) is 0 Å². The van der Waals surface area contributed by atoms with Crippen LogP contribution in [0.2, 0.25) is 0 Å². The van der Waals surface area contributed by atoms with Gasteiger partial charge in [0.15, 0.2) is 0 Å². The Balaban J connectivity index is 2.56. The first kappa shape index (κ1) is 15.2. The third-order valence-corrected chi connectivity index (χ3v) is 3.20. The molecule has 1 heterocycles. The summed E-state index contributed by atoms with van der Waals surface area (Å²) in [7, 11) is 1.43. The highest BCUT2D eigenvalue weighted by molar-refractivity contribution is 5.81. The molecular weight excluding hydrogens is 251 g/mol. The lowest BCUT2D eigenvalue weighted by atomic mass is 9.95. The van der Waals surface area contributed by atoms with E-state index in [9.17, 15) is 18.0 Å². The van der Waals surface area contributed by atoms with Gasteiger partial charge in [0.25, 0.3) is 5.91 Å². The zero-order chi connectivity index (χ0) is 13.8. The van der Waals surface area contributed by atoms with Crippen LogP contribution in [0.25, 0.3) is 0 Å². The number of nitrogens with one attached hydrogen (secondary N) is 1. The van der Waals surface area contributed by atoms with Crippen molar-refractivity contribution < 1.29 is 22.7 Å². The summed E-state index contributed by atoms with van der Waals surface area (Å²) in [6, 6.07) is -0.630. The van der Waals surface area contributed by atoms with Crippen LogP contribution in [0.4, 0.5) is 13.2 Å². The second kappa shape index (κ2) is 6.35. The van der Waals surface area contributed by atoms with Gasteiger partial charge in [0.2, 0.25) is 0 Å². The van der Waals surface area contributed by atoms with E-state index in [2.05, 4.69) is 0 Å². The first-order valence-corrected chi connectivity index (χ1v) is 5.70. The molecule has 106 valence electrons. The van der Waals surface area contributed by atoms with Crippen LogP contribution >= 0.6 is 0 Å². The number of nitrogens with two attached hydrogens (primary N) is 1. The topological polar surface area (TPSA) is 67.6 Å². The molecule has 1 fully saturated rings. The summed E-state index contributed by atoms with van der Waals surface area (Å²) in [5.74, 6) is 3.32. The minimum absolute atomic E-state index is 0.00155. The predicted octanol–water partition coefficient (Wildman–Crippen LogP) is 0.266. The van der Waals surface area contributed by atoms with E-state index in [0.717, 1.165) is 0 Å². The molecule has 1 saturated heterocycles. The van der Waals surface area contributed by atoms with Crippen LogP contribution in [0, 0.1) is 5.92 Å². The van der Waals surface area contributed by atoms with Crippen molar-refractivity contribution in [3.8, 4) is 0 Å². The highest BCUT2D eigenvalue weighted by atomic mass is 19.4. The van der Waals surface area contributed by atoms with Crippen LogP contribution in [-0.2, 0) is 9.53 Å². The zero-order valence-corrected chi connectivity index (χ0v) is 10.2. The smallest absolute Gasteiger partial charge is 0.383 e. The van der Waals surface area contributed by atoms with Gasteiger partial charge in [-0.05, 0) is 25.9 Å². The van der Waals surface area contributed by atoms with Crippen LogP contribution in [0.3, 0.4) is 0 Å². The number of amides is 1. The van der Waals surface area contributed by atoms with Crippen molar-refractivity contribution in [2.45, 2.75) is 25.1 Å². The fraction of sp³-hybridized carbons (Fsp3) is 0.900. The van der Waals surface area contributed by atoms with Gasteiger partial charge in [-0.1, -0.05) is 0 Å². The Morgan fingerprint density at radius 3 is 2.44 bits per heavy atom. The van der Waals surface area contributed by atoms with Crippen molar-refractivity contribution in [3.05, 3.63) is 0 Å². The number of nitrogens with zero attached hydrogens (tertiary/aromatic N) is 1. The maximum absolute atomic E-state index is 12.5. The molecule has 0 radical (unpaired) electrons. The molecule has 1 amide bonds. The first-order valence-electron chi connectivity index (χ1n) is 5.70. The van der Waals surface area contributed by atoms with E-state index in [4.69, 9.17) is 10.6 Å². The lowest BCUT2D eigenvalue weighted by Crippen LogP contribution is -2.54. The number of piperidine rings is 1. The Bertz CT molecular complexity index is 278. The summed E-state index contributed by atoms with van der Waals surface area (Å²) in [5, 5.41) is 0. The van der Waals surface area contributed by atoms with Crippen LogP contribution in [0.5, 0.6) is 0 Å². The summed E-state index contributed by atoms with van der Waals surface area (Å²) in [5.41, 5.74) is 2.01. The lowest BCUT2D eigenvalue weighted by molar-refractivity contribution is -0.186. The number of hydrazine groups is 1. The minimum Gasteiger partial charge on any atom is -0.383 e. The molecule has 0 aromatic heterocycles. The van der Waals surface area contributed by atoms with Crippen molar-refractivity contribution in [1.82, 2.24) is 10.3 Å². The van der Waals surface area contributed by atoms with Gasteiger partial charge < -0.3 is 4.74 Å². The molecule has 0 aliphatic carbocycles. The van der Waals surface area contributed by atoms with Crippen molar-refractivity contribution in [2.75, 3.05) is 26.8 Å². The van der Waals surface area contributed by atoms with E-state index in [1.54, 1.807) is 4.90 Å². The van der Waals surface area contributed by atoms with Crippen LogP contribution in [-0.4, -0.2) is 49.8 Å². The number of ether oxygens (including phenoxy) is 1. The summed E-state index contributed by atoms with van der Waals surface area (Å²) in [6.07, 6.45) is -4.15. The lowest BCUT2D eigenvalue weighted by Gasteiger charge is -2.36. The highest BCUT2D eigenvalue weighted by Crippen LogP contribution is 2.34. The second-order valence-electron chi connectivity index (χ2n) is 4.33. The number of methoxy groups -OCH3 is 1. The third kappa shape index (κ3) is 3.82. The van der Waals surface area contributed by atoms with Crippen LogP contribution < -0.4 is 11.3 Å². The number of carbonyl (C=O) groups is 1. The fourth-order valence-corrected chi connectivity index (χ4v) is 2.14. The van der Waals surface area contributed by atoms with Gasteiger partial charge in [-0.25, -0.2) is 5.84 Å². The molecule has 5 nitrogen and oxygen atoms in total. The van der Waals surface area contributed by atoms with Gasteiger partial charge in [-0.3, -0.25) is 15.1 Å². The predicted molar refractivity (Wildman–Crippen MR) is 58.3 cm³/mol. The number of rotatable bonds is 4. The molecule has 8 heteroatoms. The van der Waals surface area contributed by atoms with Gasteiger partial charge in [0, 0.05) is 7.11 Å². The molecule has 1 atom stereocenters. The van der Waals surface area contributed by atoms with Crippen molar-refractivity contribution in [2.24, 2.45) is 11.8 Å². The van der Waals surface area contributed by atoms with E-state index in [0.29, 0.717) is 0 Å². The summed E-state index contributed by atoms with van der Waals surface area (Å²) in [6.45, 7) is 0.539. The molecule has 1 unspecified atom stereocenters. The van der Waals surface area contributed by atoms with Gasteiger partial charge in [-0.15, -0.1) is 0 Å². The Morgan fingerprint density at radius 1 is 1.50 bits per heavy atom. The van der Waals surface area contributed by atoms with Crippen molar-refractivity contribution in [3.63, 3.8) is 0 Å². The average molecular weight is 269 g/mol. The Labute approximate surface area is 103 Å². The number of halogens is 3. The number of hydrogen-bond donors (Lipinski definition) is 2. The fourth-order valence-electron chi connectivity index (χ4n) is 2.14. The normalized spacial score (nSPS) is 20.7. The Morgan fingerprint density at radius 2 is 2.06 bits per heavy atom. The minimum atomic E-state index is -4.15. The van der Waals surface area contributed by atoms with Gasteiger partial charge in [0.1, 0.15) is 6.04 Å². The molecule has 1 aliphatic rings. The highest BCUT2D eigenvalue weighted by Gasteiger charge is 2.42. The molecule has 1 rings (SSSR count). The number of alkyl halides is 3. The maximum Gasteiger partial charge on any atom is 0.391 e. The largest absolute Gasteiger partial charge is 0.391 e. The van der Waals surface area contributed by atoms with E-state index >= 15 is 0 Å². The van der Waals surface area contributed by atoms with Gasteiger partial charge in [-0.2, -0.15) is 13.2 Å². The molecular formula is C10H18F3N3O2. The molecule has 0 spiro atoms. The molecule has 18 heavy (non-hydrogen) atoms. The Hall–Kier alpha value is -0.860. The van der Waals surface area contributed by atoms with E-state index in [1.807, 2.05) is 5.43 Å². The maximum atomic E-state index is 12.5. The monoisotopic (exact) mass is 269 g/mol. The number of hydrogen-bond acceptors (Lipinski definition) is 4. The molecule has 0 aromatic carbocycles. The van der Waals surface area contributed by atoms with Crippen LogP contribution in [0.1, 0.15) is 12.8 Å². The summed E-state index contributed by atoms with van der Waals surface area (Å²) >= 11 is 0. The SMILES string of the molecule is COCC(C(=O)NN)N1CCC(C(F)(F)F)CC1. The van der Waals surface area contributed by atoms with E-state index in [1.165, 1.54) is 7.11 Å². The third-order valence-electron chi connectivity index (χ3n) is 3.20. The average Bonchev–Trinajstić information content (AvgIpc) is 2.34. The van der Waals surface area contributed by atoms with E-state index < -0.39 is 24.0 Å². The summed E-state index contributed by atoms with van der Waals surface area (Å²) < 4.78 is 42.4. The van der Waals surface area contributed by atoms with E-state index in [-0.39, 0.29) is 32.5 Å². The van der Waals surface area contributed by atoms with Crippen LogP contribution in [0.15, 0.2) is 0 Å².